The molecule has 0 saturated heterocycles. The molecule has 0 bridgehead atoms. The summed E-state index contributed by atoms with van der Waals surface area (Å²) in [5, 5.41) is 23.2. The van der Waals surface area contributed by atoms with Crippen molar-refractivity contribution in [1.82, 2.24) is 9.88 Å². The minimum absolute atomic E-state index is 0.0122. The standard InChI is InChI=1S/C29H32N4O8/c1-32(2)17-10-14(12-6-7-18(41-5)31-11-12)23(34)20-15(17)8-13-9-16-22(33(3)4)25(36)21(28(30)39)27(38)29(16,40)26(37)19(13)24(20)35/h6-7,10-11,13,16,19,21-22,34,40H,8-9H2,1-5H3,(H2,30,39). The van der Waals surface area contributed by atoms with Crippen molar-refractivity contribution in [3.05, 3.63) is 35.5 Å². The smallest absolute Gasteiger partial charge is 0.235 e. The van der Waals surface area contributed by atoms with E-state index in [1.54, 1.807) is 51.3 Å². The number of carbonyl (C=O) groups excluding carboxylic acids is 5. The van der Waals surface area contributed by atoms with E-state index >= 15 is 0 Å². The number of pyridine rings is 1. The Hall–Kier alpha value is -4.16. The number of nitrogens with two attached hydrogens (primary N) is 1. The molecule has 3 aliphatic carbocycles. The number of likely N-dealkylation sites (N-methyl/N-ethyl adjacent to an activating group) is 1. The van der Waals surface area contributed by atoms with Crippen LogP contribution in [-0.2, 0) is 25.6 Å². The van der Waals surface area contributed by atoms with E-state index in [1.165, 1.54) is 18.2 Å². The number of nitrogens with zero attached hydrogens (tertiary/aromatic N) is 3. The molecule has 0 aliphatic heterocycles. The third-order valence-electron chi connectivity index (χ3n) is 8.78. The fraction of sp³-hybridized carbons (Fsp3) is 0.448. The SMILES string of the molecule is COc1ccc(-c2cc(N(C)C)c3c(c2O)C(=O)C2C(=O)C4(O)C(=O)C(C(N)=O)C(=O)C(N(C)C)C4CC2C3)cn1. The summed E-state index contributed by atoms with van der Waals surface area (Å²) in [5.74, 6) is -10.5. The van der Waals surface area contributed by atoms with Gasteiger partial charge < -0.3 is 25.6 Å². The summed E-state index contributed by atoms with van der Waals surface area (Å²) in [6.07, 6.45) is 1.65. The van der Waals surface area contributed by atoms with Gasteiger partial charge in [-0.05, 0) is 50.6 Å². The number of ketones is 4. The van der Waals surface area contributed by atoms with Crippen molar-refractivity contribution in [3.8, 4) is 22.8 Å². The molecule has 2 aromatic rings. The molecular weight excluding hydrogens is 532 g/mol. The maximum atomic E-state index is 14.1. The lowest BCUT2D eigenvalue weighted by Crippen LogP contribution is -2.74. The van der Waals surface area contributed by atoms with Crippen molar-refractivity contribution in [2.45, 2.75) is 24.5 Å². The number of amides is 1. The predicted molar refractivity (Wildman–Crippen MR) is 145 cm³/mol. The van der Waals surface area contributed by atoms with Crippen LogP contribution in [0.1, 0.15) is 22.3 Å². The molecule has 1 aromatic heterocycles. The molecule has 5 rings (SSSR count). The van der Waals surface area contributed by atoms with Crippen molar-refractivity contribution in [2.75, 3.05) is 40.2 Å². The number of aromatic hydroxyl groups is 1. The summed E-state index contributed by atoms with van der Waals surface area (Å²) in [6.45, 7) is 0. The first-order valence-electron chi connectivity index (χ1n) is 13.2. The molecule has 12 heteroatoms. The number of primary amides is 1. The molecule has 216 valence electrons. The second-order valence-electron chi connectivity index (χ2n) is 11.4. The number of Topliss-reactive ketones (excluding diaryl/α,β-unsaturated/α-hetero) is 4. The van der Waals surface area contributed by atoms with E-state index in [2.05, 4.69) is 4.98 Å². The second kappa shape index (κ2) is 9.74. The molecule has 6 unspecified atom stereocenters. The van der Waals surface area contributed by atoms with Gasteiger partial charge >= 0.3 is 0 Å². The first-order valence-corrected chi connectivity index (χ1v) is 13.2. The largest absolute Gasteiger partial charge is 0.507 e. The number of ether oxygens (including phenoxy) is 1. The zero-order valence-electron chi connectivity index (χ0n) is 23.4. The molecule has 41 heavy (non-hydrogen) atoms. The van der Waals surface area contributed by atoms with Crippen LogP contribution >= 0.6 is 0 Å². The Morgan fingerprint density at radius 3 is 2.34 bits per heavy atom. The Bertz CT molecular complexity index is 1500. The number of hydrogen-bond acceptors (Lipinski definition) is 11. The molecule has 6 atom stereocenters. The zero-order chi connectivity index (χ0) is 30.1. The van der Waals surface area contributed by atoms with Crippen LogP contribution in [0.25, 0.3) is 11.1 Å². The van der Waals surface area contributed by atoms with Gasteiger partial charge in [-0.2, -0.15) is 0 Å². The number of anilines is 1. The molecule has 12 nitrogen and oxygen atoms in total. The quantitative estimate of drug-likeness (QED) is 0.416. The van der Waals surface area contributed by atoms with Gasteiger partial charge in [0.2, 0.25) is 11.8 Å². The Morgan fingerprint density at radius 2 is 1.80 bits per heavy atom. The van der Waals surface area contributed by atoms with Crippen LogP contribution in [0.3, 0.4) is 0 Å². The van der Waals surface area contributed by atoms with Crippen molar-refractivity contribution in [2.24, 2.45) is 29.4 Å². The first kappa shape index (κ1) is 28.4. The number of benzene rings is 1. The highest BCUT2D eigenvalue weighted by atomic mass is 16.5. The van der Waals surface area contributed by atoms with Crippen LogP contribution in [0.2, 0.25) is 0 Å². The highest BCUT2D eigenvalue weighted by Gasteiger charge is 2.69. The number of fused-ring (bicyclic) bond motifs is 3. The number of rotatable bonds is 5. The Balaban J connectivity index is 1.67. The topological polar surface area (TPSA) is 180 Å². The van der Waals surface area contributed by atoms with Gasteiger partial charge in [0, 0.05) is 49.1 Å². The fourth-order valence-electron chi connectivity index (χ4n) is 6.93. The number of phenols is 1. The summed E-state index contributed by atoms with van der Waals surface area (Å²) in [7, 11) is 8.14. The van der Waals surface area contributed by atoms with E-state index < -0.39 is 64.4 Å². The number of methoxy groups -OCH3 is 1. The maximum Gasteiger partial charge on any atom is 0.235 e. The molecule has 1 heterocycles. The number of hydrogen-bond donors (Lipinski definition) is 3. The van der Waals surface area contributed by atoms with Crippen molar-refractivity contribution in [3.63, 3.8) is 0 Å². The van der Waals surface area contributed by atoms with E-state index in [9.17, 15) is 34.2 Å². The van der Waals surface area contributed by atoms with Crippen molar-refractivity contribution >= 4 is 34.7 Å². The van der Waals surface area contributed by atoms with Gasteiger partial charge in [-0.15, -0.1) is 0 Å². The van der Waals surface area contributed by atoms with Gasteiger partial charge in [0.05, 0.1) is 24.6 Å². The molecule has 2 saturated carbocycles. The Morgan fingerprint density at radius 1 is 1.12 bits per heavy atom. The van der Waals surface area contributed by atoms with Crippen LogP contribution < -0.4 is 15.4 Å². The van der Waals surface area contributed by atoms with Crippen LogP contribution in [0.4, 0.5) is 5.69 Å². The Kier molecular flexibility index (Phi) is 6.74. The lowest BCUT2D eigenvalue weighted by molar-refractivity contribution is -0.181. The summed E-state index contributed by atoms with van der Waals surface area (Å²) in [4.78, 5) is 74.5. The predicted octanol–water partition coefficient (Wildman–Crippen LogP) is 0.00360. The van der Waals surface area contributed by atoms with E-state index in [-0.39, 0.29) is 24.2 Å². The van der Waals surface area contributed by atoms with E-state index in [4.69, 9.17) is 10.5 Å². The molecule has 4 N–H and O–H groups in total. The summed E-state index contributed by atoms with van der Waals surface area (Å²) < 4.78 is 5.11. The van der Waals surface area contributed by atoms with Crippen LogP contribution in [0.15, 0.2) is 24.4 Å². The zero-order valence-corrected chi connectivity index (χ0v) is 23.4. The number of aliphatic hydroxyl groups is 1. The van der Waals surface area contributed by atoms with Crippen LogP contribution in [-0.4, -0.2) is 96.1 Å². The van der Waals surface area contributed by atoms with Crippen molar-refractivity contribution < 1.29 is 38.9 Å². The van der Waals surface area contributed by atoms with E-state index in [1.807, 2.05) is 0 Å². The number of phenolic OH excluding ortho intramolecular Hbond substituents is 1. The average Bonchev–Trinajstić information content (AvgIpc) is 2.90. The molecule has 2 fully saturated rings. The highest BCUT2D eigenvalue weighted by Crippen LogP contribution is 2.53. The second-order valence-corrected chi connectivity index (χ2v) is 11.4. The molecule has 0 spiro atoms. The fourth-order valence-corrected chi connectivity index (χ4v) is 6.93. The summed E-state index contributed by atoms with van der Waals surface area (Å²) in [5.41, 5.74) is 4.48. The monoisotopic (exact) mass is 564 g/mol. The van der Waals surface area contributed by atoms with Gasteiger partial charge in [0.15, 0.2) is 34.7 Å². The van der Waals surface area contributed by atoms with Gasteiger partial charge in [0.25, 0.3) is 0 Å². The van der Waals surface area contributed by atoms with Crippen LogP contribution in [0.5, 0.6) is 11.6 Å². The lowest BCUT2D eigenvalue weighted by Gasteiger charge is -2.52. The van der Waals surface area contributed by atoms with E-state index in [0.29, 0.717) is 28.3 Å². The van der Waals surface area contributed by atoms with Gasteiger partial charge in [-0.3, -0.25) is 28.9 Å². The first-order chi connectivity index (χ1) is 19.2. The normalized spacial score (nSPS) is 29.1. The van der Waals surface area contributed by atoms with Gasteiger partial charge in [0.1, 0.15) is 5.75 Å². The molecule has 3 aliphatic rings. The molecule has 0 radical (unpaired) electrons. The lowest BCUT2D eigenvalue weighted by atomic mass is 9.52. The molecular formula is C29H32N4O8. The third-order valence-corrected chi connectivity index (χ3v) is 8.78. The minimum Gasteiger partial charge on any atom is -0.507 e. The highest BCUT2D eigenvalue weighted by molar-refractivity contribution is 6.32. The molecule has 1 aromatic carbocycles. The van der Waals surface area contributed by atoms with Crippen molar-refractivity contribution in [1.29, 1.82) is 0 Å². The Labute approximate surface area is 236 Å². The van der Waals surface area contributed by atoms with E-state index in [0.717, 1.165) is 0 Å². The maximum absolute atomic E-state index is 14.1. The van der Waals surface area contributed by atoms with Crippen LogP contribution in [0, 0.1) is 23.7 Å². The van der Waals surface area contributed by atoms with Gasteiger partial charge in [-0.25, -0.2) is 4.98 Å². The average molecular weight is 565 g/mol. The summed E-state index contributed by atoms with van der Waals surface area (Å²) in [6, 6.07) is 3.86. The third kappa shape index (κ3) is 3.96. The number of carbonyl (C=O) groups is 5. The minimum atomic E-state index is -2.77. The van der Waals surface area contributed by atoms with Gasteiger partial charge in [-0.1, -0.05) is 0 Å². The molecule has 1 amide bonds. The summed E-state index contributed by atoms with van der Waals surface area (Å²) >= 11 is 0. The number of aromatic nitrogens is 1.